The third kappa shape index (κ3) is 0.593. The summed E-state index contributed by atoms with van der Waals surface area (Å²) in [6.07, 6.45) is 3.67. The molecule has 1 aromatic carbocycles. The second kappa shape index (κ2) is 1.91. The standard InChI is InChI=1S/C10H6N2/c1-2-4-9-7(3-1)8-5-11-6-10(8)12-9/h1-6H. The van der Waals surface area contributed by atoms with Gasteiger partial charge in [0, 0.05) is 17.3 Å². The molecule has 3 rings (SSSR count). The third-order valence-corrected chi connectivity index (χ3v) is 2.11. The Morgan fingerprint density at radius 2 is 2.00 bits per heavy atom. The van der Waals surface area contributed by atoms with Gasteiger partial charge < -0.3 is 0 Å². The third-order valence-electron chi connectivity index (χ3n) is 2.11. The van der Waals surface area contributed by atoms with Crippen LogP contribution in [0.4, 0.5) is 5.69 Å². The molecular formula is C10H6N2. The highest BCUT2D eigenvalue weighted by Gasteiger charge is 2.20. The molecule has 0 spiro atoms. The number of rotatable bonds is 0. The maximum Gasteiger partial charge on any atom is 0.0914 e. The van der Waals surface area contributed by atoms with Gasteiger partial charge in [0.15, 0.2) is 0 Å². The van der Waals surface area contributed by atoms with Crippen LogP contribution < -0.4 is 0 Å². The first kappa shape index (κ1) is 5.89. The van der Waals surface area contributed by atoms with Crippen LogP contribution in [0.3, 0.4) is 0 Å². The van der Waals surface area contributed by atoms with Gasteiger partial charge in [0.05, 0.1) is 17.6 Å². The van der Waals surface area contributed by atoms with Gasteiger partial charge in [-0.1, -0.05) is 18.2 Å². The largest absolute Gasteiger partial charge is 0.262 e. The van der Waals surface area contributed by atoms with Crippen molar-refractivity contribution in [2.45, 2.75) is 0 Å². The number of hydrogen-bond acceptors (Lipinski definition) is 2. The lowest BCUT2D eigenvalue weighted by molar-refractivity contribution is 1.53. The summed E-state index contributed by atoms with van der Waals surface area (Å²) in [5.41, 5.74) is 4.41. The van der Waals surface area contributed by atoms with Gasteiger partial charge in [0.25, 0.3) is 0 Å². The van der Waals surface area contributed by atoms with E-state index in [1.807, 2.05) is 24.4 Å². The summed E-state index contributed by atoms with van der Waals surface area (Å²) in [6.45, 7) is 0. The molecule has 0 bridgehead atoms. The first-order valence-corrected chi connectivity index (χ1v) is 3.87. The summed E-state index contributed by atoms with van der Waals surface area (Å²) in [4.78, 5) is 8.46. The molecule has 2 aliphatic heterocycles. The van der Waals surface area contributed by atoms with Crippen LogP contribution in [0.1, 0.15) is 5.56 Å². The molecule has 0 saturated carbocycles. The molecule has 0 radical (unpaired) electrons. The molecule has 0 atom stereocenters. The predicted octanol–water partition coefficient (Wildman–Crippen LogP) is 2.20. The summed E-state index contributed by atoms with van der Waals surface area (Å²) in [5.74, 6) is 0. The Hall–Kier alpha value is -1.70. The van der Waals surface area contributed by atoms with Gasteiger partial charge in [0.1, 0.15) is 0 Å². The van der Waals surface area contributed by atoms with Crippen molar-refractivity contribution in [2.75, 3.05) is 0 Å². The van der Waals surface area contributed by atoms with Gasteiger partial charge in [-0.25, -0.2) is 4.99 Å². The van der Waals surface area contributed by atoms with Gasteiger partial charge in [-0.3, -0.25) is 4.99 Å². The molecule has 2 aliphatic rings. The van der Waals surface area contributed by atoms with Gasteiger partial charge in [-0.05, 0) is 6.07 Å². The van der Waals surface area contributed by atoms with Crippen LogP contribution >= 0.6 is 0 Å². The molecule has 12 heavy (non-hydrogen) atoms. The van der Waals surface area contributed by atoms with Gasteiger partial charge in [-0.2, -0.15) is 0 Å². The minimum Gasteiger partial charge on any atom is -0.262 e. The van der Waals surface area contributed by atoms with E-state index in [1.54, 1.807) is 6.21 Å². The highest BCUT2D eigenvalue weighted by atomic mass is 14.9. The Bertz CT molecular complexity index is 439. The number of allylic oxidation sites excluding steroid dienone is 1. The molecule has 0 aliphatic carbocycles. The molecular weight excluding hydrogens is 148 g/mol. The van der Waals surface area contributed by atoms with E-state index in [9.17, 15) is 0 Å². The van der Waals surface area contributed by atoms with Crippen LogP contribution in [0.25, 0.3) is 5.57 Å². The lowest BCUT2D eigenvalue weighted by Gasteiger charge is -1.94. The van der Waals surface area contributed by atoms with E-state index in [0.717, 1.165) is 17.0 Å². The second-order valence-electron chi connectivity index (χ2n) is 2.84. The predicted molar refractivity (Wildman–Crippen MR) is 50.0 cm³/mol. The second-order valence-corrected chi connectivity index (χ2v) is 2.84. The zero-order chi connectivity index (χ0) is 7.97. The first-order valence-electron chi connectivity index (χ1n) is 3.87. The summed E-state index contributed by atoms with van der Waals surface area (Å²) in [6, 6.07) is 8.12. The van der Waals surface area contributed by atoms with Crippen molar-refractivity contribution < 1.29 is 0 Å². The summed E-state index contributed by atoms with van der Waals surface area (Å²) >= 11 is 0. The van der Waals surface area contributed by atoms with E-state index in [2.05, 4.69) is 16.1 Å². The highest BCUT2D eigenvalue weighted by Crippen LogP contribution is 2.35. The van der Waals surface area contributed by atoms with Crippen molar-refractivity contribution in [2.24, 2.45) is 9.98 Å². The quantitative estimate of drug-likeness (QED) is 0.547. The Morgan fingerprint density at radius 1 is 1.08 bits per heavy atom. The van der Waals surface area contributed by atoms with Crippen molar-refractivity contribution in [1.29, 1.82) is 0 Å². The van der Waals surface area contributed by atoms with Crippen LogP contribution in [0.5, 0.6) is 0 Å². The fraction of sp³-hybridized carbons (Fsp3) is 0. The average molecular weight is 154 g/mol. The van der Waals surface area contributed by atoms with Crippen molar-refractivity contribution in [3.8, 4) is 0 Å². The van der Waals surface area contributed by atoms with Crippen molar-refractivity contribution in [1.82, 2.24) is 0 Å². The number of para-hydroxylation sites is 1. The summed E-state index contributed by atoms with van der Waals surface area (Å²) in [7, 11) is 0. The minimum absolute atomic E-state index is 0.996. The molecule has 0 aromatic heterocycles. The summed E-state index contributed by atoms with van der Waals surface area (Å²) < 4.78 is 0. The van der Waals surface area contributed by atoms with Crippen molar-refractivity contribution >= 4 is 23.2 Å². The molecule has 2 heteroatoms. The fourth-order valence-corrected chi connectivity index (χ4v) is 1.54. The number of nitrogens with zero attached hydrogens (tertiary/aromatic N) is 2. The fourth-order valence-electron chi connectivity index (χ4n) is 1.54. The van der Waals surface area contributed by atoms with Crippen molar-refractivity contribution in [3.05, 3.63) is 36.0 Å². The lowest BCUT2D eigenvalue weighted by atomic mass is 10.1. The number of benzene rings is 1. The van der Waals surface area contributed by atoms with Crippen molar-refractivity contribution in [3.63, 3.8) is 0 Å². The zero-order valence-corrected chi connectivity index (χ0v) is 6.36. The molecule has 56 valence electrons. The molecule has 2 heterocycles. The first-order chi connectivity index (χ1) is 5.95. The highest BCUT2D eigenvalue weighted by molar-refractivity contribution is 6.54. The van der Waals surface area contributed by atoms with Crippen LogP contribution in [0.2, 0.25) is 0 Å². The molecule has 0 saturated heterocycles. The average Bonchev–Trinajstić information content (AvgIpc) is 2.62. The Kier molecular flexibility index (Phi) is 0.939. The van der Waals surface area contributed by atoms with Gasteiger partial charge in [-0.15, -0.1) is 0 Å². The maximum atomic E-state index is 4.41. The maximum absolute atomic E-state index is 4.41. The SMILES string of the molecule is C1=NC=C2C1=Nc1ccccc12. The number of fused-ring (bicyclic) bond motifs is 3. The van der Waals surface area contributed by atoms with Crippen LogP contribution in [-0.2, 0) is 0 Å². The molecule has 0 fully saturated rings. The number of aliphatic imine (C=N–C) groups is 2. The Morgan fingerprint density at radius 3 is 3.00 bits per heavy atom. The lowest BCUT2D eigenvalue weighted by Crippen LogP contribution is -1.91. The topological polar surface area (TPSA) is 24.7 Å². The van der Waals surface area contributed by atoms with E-state index in [-0.39, 0.29) is 0 Å². The minimum atomic E-state index is 0.996. The molecule has 1 aromatic rings. The van der Waals surface area contributed by atoms with E-state index >= 15 is 0 Å². The normalized spacial score (nSPS) is 17.0. The zero-order valence-electron chi connectivity index (χ0n) is 6.36. The van der Waals surface area contributed by atoms with Crippen LogP contribution in [-0.4, -0.2) is 11.9 Å². The molecule has 2 nitrogen and oxygen atoms in total. The monoisotopic (exact) mass is 154 g/mol. The Balaban J connectivity index is 2.33. The van der Waals surface area contributed by atoms with E-state index in [0.29, 0.717) is 0 Å². The van der Waals surface area contributed by atoms with Crippen LogP contribution in [0.15, 0.2) is 40.5 Å². The molecule has 0 amide bonds. The Labute approximate surface area is 70.0 Å². The van der Waals surface area contributed by atoms with Gasteiger partial charge >= 0.3 is 0 Å². The smallest absolute Gasteiger partial charge is 0.0914 e. The van der Waals surface area contributed by atoms with E-state index in [4.69, 9.17) is 0 Å². The number of hydrogen-bond donors (Lipinski definition) is 0. The summed E-state index contributed by atoms with van der Waals surface area (Å²) in [5, 5.41) is 0. The van der Waals surface area contributed by atoms with Gasteiger partial charge in [0.2, 0.25) is 0 Å². The van der Waals surface area contributed by atoms with E-state index in [1.165, 1.54) is 5.56 Å². The molecule has 0 unspecified atom stereocenters. The van der Waals surface area contributed by atoms with Crippen LogP contribution in [0, 0.1) is 0 Å². The molecule has 0 N–H and O–H groups in total. The van der Waals surface area contributed by atoms with E-state index < -0.39 is 0 Å².